The molecule has 26 heavy (non-hydrogen) atoms. The van der Waals surface area contributed by atoms with E-state index in [1.807, 2.05) is 24.3 Å². The van der Waals surface area contributed by atoms with Crippen molar-refractivity contribution in [2.75, 3.05) is 12.4 Å². The molecule has 1 aromatic carbocycles. The van der Waals surface area contributed by atoms with Crippen molar-refractivity contribution in [3.63, 3.8) is 0 Å². The summed E-state index contributed by atoms with van der Waals surface area (Å²) in [5, 5.41) is 18.5. The predicted octanol–water partition coefficient (Wildman–Crippen LogP) is 3.84. The number of hydrogen-bond donors (Lipinski definition) is 0. The summed E-state index contributed by atoms with van der Waals surface area (Å²) in [5.74, 6) is 4.02. The van der Waals surface area contributed by atoms with E-state index in [4.69, 9.17) is 14.4 Å². The molecule has 2 heterocycles. The van der Waals surface area contributed by atoms with Gasteiger partial charge in [-0.15, -0.1) is 10.2 Å². The third-order valence-electron chi connectivity index (χ3n) is 4.15. The maximum atomic E-state index is 8.82. The highest BCUT2D eigenvalue weighted by Crippen LogP contribution is 2.40. The van der Waals surface area contributed by atoms with E-state index in [0.717, 1.165) is 28.2 Å². The minimum atomic E-state index is 0.529. The van der Waals surface area contributed by atoms with Crippen LogP contribution in [0.5, 0.6) is 5.75 Å². The molecule has 3 aromatic rings. The van der Waals surface area contributed by atoms with Gasteiger partial charge in [-0.3, -0.25) is 4.57 Å². The van der Waals surface area contributed by atoms with Gasteiger partial charge in [0.25, 0.3) is 0 Å². The maximum Gasteiger partial charge on any atom is 0.191 e. The van der Waals surface area contributed by atoms with Crippen LogP contribution in [0.25, 0.3) is 0 Å². The van der Waals surface area contributed by atoms with Gasteiger partial charge in [0, 0.05) is 11.7 Å². The first-order chi connectivity index (χ1) is 12.8. The number of thioether (sulfide) groups is 1. The Morgan fingerprint density at radius 3 is 2.77 bits per heavy atom. The zero-order valence-electron chi connectivity index (χ0n) is 14.2. The first-order valence-corrected chi connectivity index (χ1v) is 9.53. The highest BCUT2D eigenvalue weighted by molar-refractivity contribution is 7.99. The van der Waals surface area contributed by atoms with Crippen molar-refractivity contribution in [1.82, 2.24) is 14.8 Å². The summed E-state index contributed by atoms with van der Waals surface area (Å²) in [6.07, 6.45) is 4.06. The van der Waals surface area contributed by atoms with Gasteiger partial charge in [-0.2, -0.15) is 5.26 Å². The van der Waals surface area contributed by atoms with Crippen molar-refractivity contribution in [2.45, 2.75) is 30.5 Å². The number of aromatic nitrogens is 3. The molecule has 0 saturated heterocycles. The SMILES string of the molecule is N#Cc1ccc(OCCSc2nnc(C3CC3)n2Cc2ccco2)cc1. The lowest BCUT2D eigenvalue weighted by atomic mass is 10.2. The van der Waals surface area contributed by atoms with Crippen LogP contribution in [0.15, 0.2) is 52.2 Å². The van der Waals surface area contributed by atoms with E-state index in [-0.39, 0.29) is 0 Å². The molecular formula is C19H18N4O2S. The van der Waals surface area contributed by atoms with Crippen LogP contribution >= 0.6 is 11.8 Å². The average molecular weight is 366 g/mol. The predicted molar refractivity (Wildman–Crippen MR) is 97.2 cm³/mol. The van der Waals surface area contributed by atoms with Crippen molar-refractivity contribution < 1.29 is 9.15 Å². The van der Waals surface area contributed by atoms with Gasteiger partial charge in [-0.05, 0) is 49.2 Å². The second-order valence-corrected chi connectivity index (χ2v) is 7.18. The normalized spacial score (nSPS) is 13.5. The molecular weight excluding hydrogens is 348 g/mol. The van der Waals surface area contributed by atoms with Gasteiger partial charge in [0.05, 0.1) is 31.0 Å². The molecule has 6 nitrogen and oxygen atoms in total. The molecule has 0 unspecified atom stereocenters. The molecule has 0 spiro atoms. The lowest BCUT2D eigenvalue weighted by molar-refractivity contribution is 0.343. The van der Waals surface area contributed by atoms with Crippen LogP contribution in [0.1, 0.15) is 35.9 Å². The summed E-state index contributed by atoms with van der Waals surface area (Å²) in [5.41, 5.74) is 0.630. The molecule has 7 heteroatoms. The van der Waals surface area contributed by atoms with Crippen LogP contribution in [0.2, 0.25) is 0 Å². The monoisotopic (exact) mass is 366 g/mol. The number of furan rings is 1. The Morgan fingerprint density at radius 2 is 2.08 bits per heavy atom. The van der Waals surface area contributed by atoms with E-state index in [2.05, 4.69) is 20.8 Å². The van der Waals surface area contributed by atoms with Crippen LogP contribution < -0.4 is 4.74 Å². The molecule has 132 valence electrons. The topological polar surface area (TPSA) is 76.9 Å². The Morgan fingerprint density at radius 1 is 1.23 bits per heavy atom. The molecule has 1 aliphatic rings. The summed E-state index contributed by atoms with van der Waals surface area (Å²) in [6.45, 7) is 1.22. The Hall–Kier alpha value is -2.72. The van der Waals surface area contributed by atoms with Gasteiger partial charge in [0.2, 0.25) is 0 Å². The Balaban J connectivity index is 1.36. The van der Waals surface area contributed by atoms with Gasteiger partial charge in [0.1, 0.15) is 17.3 Å². The van der Waals surface area contributed by atoms with Crippen molar-refractivity contribution in [3.8, 4) is 11.8 Å². The molecule has 0 aliphatic heterocycles. The van der Waals surface area contributed by atoms with Gasteiger partial charge in [0.15, 0.2) is 5.16 Å². The molecule has 0 amide bonds. The van der Waals surface area contributed by atoms with Crippen molar-refractivity contribution in [2.24, 2.45) is 0 Å². The van der Waals surface area contributed by atoms with Crippen LogP contribution in [0.3, 0.4) is 0 Å². The minimum Gasteiger partial charge on any atom is -0.493 e. The van der Waals surface area contributed by atoms with E-state index in [9.17, 15) is 0 Å². The van der Waals surface area contributed by atoms with E-state index in [0.29, 0.717) is 24.6 Å². The molecule has 1 fully saturated rings. The molecule has 0 atom stereocenters. The van der Waals surface area contributed by atoms with Gasteiger partial charge >= 0.3 is 0 Å². The Labute approximate surface area is 155 Å². The third-order valence-corrected chi connectivity index (χ3v) is 5.08. The third kappa shape index (κ3) is 3.92. The highest BCUT2D eigenvalue weighted by atomic mass is 32.2. The Kier molecular flexibility index (Phi) is 4.93. The second-order valence-electron chi connectivity index (χ2n) is 6.11. The standard InChI is InChI=1S/C19H18N4O2S/c20-12-14-3-7-16(8-4-14)25-10-11-26-19-22-21-18(15-5-6-15)23(19)13-17-2-1-9-24-17/h1-4,7-9,15H,5-6,10-11,13H2. The van der Waals surface area contributed by atoms with E-state index in [1.54, 1.807) is 30.2 Å². The van der Waals surface area contributed by atoms with E-state index >= 15 is 0 Å². The number of nitrogens with zero attached hydrogens (tertiary/aromatic N) is 4. The fourth-order valence-corrected chi connectivity index (χ4v) is 3.44. The van der Waals surface area contributed by atoms with Gasteiger partial charge in [-0.1, -0.05) is 11.8 Å². The molecule has 0 bridgehead atoms. The minimum absolute atomic E-state index is 0.529. The van der Waals surface area contributed by atoms with Crippen LogP contribution in [0, 0.1) is 11.3 Å². The summed E-state index contributed by atoms with van der Waals surface area (Å²) in [4.78, 5) is 0. The fourth-order valence-electron chi connectivity index (χ4n) is 2.68. The number of nitriles is 1. The molecule has 0 radical (unpaired) electrons. The molecule has 1 aliphatic carbocycles. The molecule has 0 N–H and O–H groups in total. The zero-order chi connectivity index (χ0) is 17.8. The summed E-state index contributed by atoms with van der Waals surface area (Å²) < 4.78 is 13.4. The zero-order valence-corrected chi connectivity index (χ0v) is 15.0. The smallest absolute Gasteiger partial charge is 0.191 e. The average Bonchev–Trinajstić information content (AvgIpc) is 3.24. The van der Waals surface area contributed by atoms with Crippen molar-refractivity contribution in [1.29, 1.82) is 5.26 Å². The van der Waals surface area contributed by atoms with Gasteiger partial charge < -0.3 is 9.15 Å². The second kappa shape index (κ2) is 7.67. The van der Waals surface area contributed by atoms with Crippen LogP contribution in [-0.2, 0) is 6.54 Å². The first kappa shape index (κ1) is 16.7. The van der Waals surface area contributed by atoms with Gasteiger partial charge in [-0.25, -0.2) is 0 Å². The van der Waals surface area contributed by atoms with Crippen molar-refractivity contribution >= 4 is 11.8 Å². The Bertz CT molecular complexity index is 893. The van der Waals surface area contributed by atoms with Crippen LogP contribution in [0.4, 0.5) is 0 Å². The lowest BCUT2D eigenvalue weighted by Crippen LogP contribution is -2.07. The quantitative estimate of drug-likeness (QED) is 0.445. The summed E-state index contributed by atoms with van der Waals surface area (Å²) >= 11 is 1.63. The maximum absolute atomic E-state index is 8.82. The molecule has 2 aromatic heterocycles. The summed E-state index contributed by atoms with van der Waals surface area (Å²) in [6, 6.07) is 13.1. The first-order valence-electron chi connectivity index (χ1n) is 8.55. The highest BCUT2D eigenvalue weighted by Gasteiger charge is 2.30. The fraction of sp³-hybridized carbons (Fsp3) is 0.316. The molecule has 1 saturated carbocycles. The number of rotatable bonds is 8. The number of hydrogen-bond acceptors (Lipinski definition) is 6. The summed E-state index contributed by atoms with van der Waals surface area (Å²) in [7, 11) is 0. The van der Waals surface area contributed by atoms with E-state index < -0.39 is 0 Å². The lowest BCUT2D eigenvalue weighted by Gasteiger charge is -2.09. The van der Waals surface area contributed by atoms with E-state index in [1.165, 1.54) is 12.8 Å². The number of ether oxygens (including phenoxy) is 1. The van der Waals surface area contributed by atoms with Crippen LogP contribution in [-0.4, -0.2) is 27.1 Å². The number of benzene rings is 1. The van der Waals surface area contributed by atoms with Crippen molar-refractivity contribution in [3.05, 3.63) is 59.8 Å². The molecule has 4 rings (SSSR count). The largest absolute Gasteiger partial charge is 0.493 e.